The van der Waals surface area contributed by atoms with Gasteiger partial charge in [0.05, 0.1) is 6.54 Å². The molecule has 4 rings (SSSR count). The van der Waals surface area contributed by atoms with Gasteiger partial charge < -0.3 is 20.1 Å². The SMILES string of the molecule is O=C(C(O)C(O)c1ccc(Cl)cc1)N1CCc2c([nH]c3ccc(Cl)cc23)C1. The van der Waals surface area contributed by atoms with E-state index in [4.69, 9.17) is 23.2 Å². The smallest absolute Gasteiger partial charge is 0.254 e. The number of benzene rings is 2. The number of nitrogens with one attached hydrogen (secondary N) is 1. The predicted octanol–water partition coefficient (Wildman–Crippen LogP) is 3.45. The maximum atomic E-state index is 12.7. The Kier molecular flexibility index (Phi) is 4.86. The number of hydrogen-bond acceptors (Lipinski definition) is 3. The highest BCUT2D eigenvalue weighted by atomic mass is 35.5. The van der Waals surface area contributed by atoms with Crippen molar-refractivity contribution in [3.05, 3.63) is 69.3 Å². The molecule has 0 saturated carbocycles. The Bertz CT molecular complexity index is 1000. The van der Waals surface area contributed by atoms with E-state index in [2.05, 4.69) is 4.98 Å². The number of rotatable bonds is 3. The summed E-state index contributed by atoms with van der Waals surface area (Å²) in [5, 5.41) is 23.0. The van der Waals surface area contributed by atoms with Gasteiger partial charge in [-0.15, -0.1) is 0 Å². The molecule has 2 unspecified atom stereocenters. The molecular weight excluding hydrogens is 387 g/mol. The fourth-order valence-electron chi connectivity index (χ4n) is 3.57. The Morgan fingerprint density at radius 1 is 1.07 bits per heavy atom. The van der Waals surface area contributed by atoms with Crippen LogP contribution in [0.4, 0.5) is 0 Å². The molecule has 27 heavy (non-hydrogen) atoms. The fourth-order valence-corrected chi connectivity index (χ4v) is 3.86. The average Bonchev–Trinajstić information content (AvgIpc) is 3.03. The number of carbonyl (C=O) groups excluding carboxylic acids is 1. The third kappa shape index (κ3) is 3.44. The first-order valence-corrected chi connectivity index (χ1v) is 9.39. The van der Waals surface area contributed by atoms with Gasteiger partial charge in [-0.3, -0.25) is 4.79 Å². The van der Waals surface area contributed by atoms with Crippen LogP contribution >= 0.6 is 23.2 Å². The Morgan fingerprint density at radius 2 is 1.78 bits per heavy atom. The normalized spacial score (nSPS) is 16.2. The van der Waals surface area contributed by atoms with E-state index in [1.54, 1.807) is 29.2 Å². The second-order valence-electron chi connectivity index (χ2n) is 6.72. The number of aromatic amines is 1. The number of fused-ring (bicyclic) bond motifs is 3. The van der Waals surface area contributed by atoms with Crippen LogP contribution in [0.15, 0.2) is 42.5 Å². The van der Waals surface area contributed by atoms with Crippen LogP contribution in [0.5, 0.6) is 0 Å². The van der Waals surface area contributed by atoms with Gasteiger partial charge in [0.15, 0.2) is 6.10 Å². The predicted molar refractivity (Wildman–Crippen MR) is 105 cm³/mol. The lowest BCUT2D eigenvalue weighted by atomic mass is 10.0. The molecule has 3 aromatic rings. The Hall–Kier alpha value is -2.05. The molecule has 0 spiro atoms. The fraction of sp³-hybridized carbons (Fsp3) is 0.250. The highest BCUT2D eigenvalue weighted by Crippen LogP contribution is 2.30. The van der Waals surface area contributed by atoms with Crippen molar-refractivity contribution in [2.45, 2.75) is 25.2 Å². The maximum absolute atomic E-state index is 12.7. The first kappa shape index (κ1) is 18.3. The number of aromatic nitrogens is 1. The molecule has 5 nitrogen and oxygen atoms in total. The van der Waals surface area contributed by atoms with Crippen molar-refractivity contribution in [3.8, 4) is 0 Å². The second kappa shape index (κ2) is 7.17. The van der Waals surface area contributed by atoms with Crippen molar-refractivity contribution < 1.29 is 15.0 Å². The van der Waals surface area contributed by atoms with Gasteiger partial charge in [-0.05, 0) is 47.9 Å². The highest BCUT2D eigenvalue weighted by molar-refractivity contribution is 6.31. The quantitative estimate of drug-likeness (QED) is 0.625. The summed E-state index contributed by atoms with van der Waals surface area (Å²) in [6, 6.07) is 12.1. The van der Waals surface area contributed by atoms with E-state index < -0.39 is 18.1 Å². The summed E-state index contributed by atoms with van der Waals surface area (Å²) in [6.07, 6.45) is -2.19. The summed E-state index contributed by atoms with van der Waals surface area (Å²) in [6.45, 7) is 0.820. The minimum Gasteiger partial charge on any atom is -0.385 e. The van der Waals surface area contributed by atoms with Crippen LogP contribution in [0, 0.1) is 0 Å². The van der Waals surface area contributed by atoms with Crippen molar-refractivity contribution in [3.63, 3.8) is 0 Å². The van der Waals surface area contributed by atoms with Crippen LogP contribution in [0.25, 0.3) is 10.9 Å². The molecule has 1 aromatic heterocycles. The largest absolute Gasteiger partial charge is 0.385 e. The molecule has 7 heteroatoms. The van der Waals surface area contributed by atoms with Gasteiger partial charge in [-0.25, -0.2) is 0 Å². The number of H-pyrrole nitrogens is 1. The molecule has 0 bridgehead atoms. The molecule has 0 fully saturated rings. The standard InChI is InChI=1S/C20H18Cl2N2O3/c21-12-3-1-11(2-4-12)18(25)19(26)20(27)24-8-7-14-15-9-13(22)5-6-16(15)23-17(14)10-24/h1-6,9,18-19,23,25-26H,7-8,10H2. The topological polar surface area (TPSA) is 76.6 Å². The van der Waals surface area contributed by atoms with E-state index in [9.17, 15) is 15.0 Å². The van der Waals surface area contributed by atoms with Crippen molar-refractivity contribution in [1.29, 1.82) is 0 Å². The van der Waals surface area contributed by atoms with Crippen LogP contribution in [-0.4, -0.2) is 38.7 Å². The number of halogens is 2. The first-order chi connectivity index (χ1) is 12.9. The zero-order valence-corrected chi connectivity index (χ0v) is 15.8. The van der Waals surface area contributed by atoms with Crippen LogP contribution in [-0.2, 0) is 17.8 Å². The summed E-state index contributed by atoms with van der Waals surface area (Å²) in [5.41, 5.74) is 3.49. The second-order valence-corrected chi connectivity index (χ2v) is 7.60. The van der Waals surface area contributed by atoms with Gasteiger partial charge in [0.1, 0.15) is 6.10 Å². The van der Waals surface area contributed by atoms with Gasteiger partial charge >= 0.3 is 0 Å². The monoisotopic (exact) mass is 404 g/mol. The Morgan fingerprint density at radius 3 is 2.52 bits per heavy atom. The molecule has 0 radical (unpaired) electrons. The van der Waals surface area contributed by atoms with Gasteiger partial charge in [0, 0.05) is 33.2 Å². The maximum Gasteiger partial charge on any atom is 0.254 e. The summed E-state index contributed by atoms with van der Waals surface area (Å²) < 4.78 is 0. The number of aliphatic hydroxyl groups excluding tert-OH is 2. The van der Waals surface area contributed by atoms with E-state index in [-0.39, 0.29) is 0 Å². The first-order valence-electron chi connectivity index (χ1n) is 8.63. The van der Waals surface area contributed by atoms with E-state index in [1.807, 2.05) is 18.2 Å². The molecule has 2 aromatic carbocycles. The number of hydrogen-bond donors (Lipinski definition) is 3. The van der Waals surface area contributed by atoms with Crippen molar-refractivity contribution in [1.82, 2.24) is 9.88 Å². The molecule has 1 aliphatic heterocycles. The number of aliphatic hydroxyl groups is 2. The third-order valence-corrected chi connectivity index (χ3v) is 5.50. The van der Waals surface area contributed by atoms with E-state index in [1.165, 1.54) is 0 Å². The lowest BCUT2D eigenvalue weighted by molar-refractivity contribution is -0.147. The number of nitrogens with zero attached hydrogens (tertiary/aromatic N) is 1. The molecular formula is C20H18Cl2N2O3. The van der Waals surface area contributed by atoms with Crippen LogP contribution < -0.4 is 0 Å². The van der Waals surface area contributed by atoms with Crippen molar-refractivity contribution in [2.24, 2.45) is 0 Å². The average molecular weight is 405 g/mol. The van der Waals surface area contributed by atoms with Gasteiger partial charge in [0.25, 0.3) is 5.91 Å². The molecule has 0 saturated heterocycles. The van der Waals surface area contributed by atoms with Crippen LogP contribution in [0.3, 0.4) is 0 Å². The Balaban J connectivity index is 1.53. The lowest BCUT2D eigenvalue weighted by Gasteiger charge is -2.30. The molecule has 2 atom stereocenters. The van der Waals surface area contributed by atoms with E-state index in [0.29, 0.717) is 35.1 Å². The molecule has 2 heterocycles. The minimum absolute atomic E-state index is 0.352. The Labute approximate surface area is 166 Å². The van der Waals surface area contributed by atoms with Crippen molar-refractivity contribution >= 4 is 40.0 Å². The van der Waals surface area contributed by atoms with Gasteiger partial charge in [0.2, 0.25) is 0 Å². The zero-order valence-electron chi connectivity index (χ0n) is 14.3. The highest BCUT2D eigenvalue weighted by Gasteiger charge is 2.32. The third-order valence-electron chi connectivity index (χ3n) is 5.01. The number of carbonyl (C=O) groups is 1. The van der Waals surface area contributed by atoms with Crippen molar-refractivity contribution in [2.75, 3.05) is 6.54 Å². The number of amides is 1. The summed E-state index contributed by atoms with van der Waals surface area (Å²) in [5.74, 6) is -0.500. The molecule has 0 aliphatic carbocycles. The summed E-state index contributed by atoms with van der Waals surface area (Å²) >= 11 is 11.9. The molecule has 1 amide bonds. The van der Waals surface area contributed by atoms with Gasteiger partial charge in [-0.2, -0.15) is 0 Å². The zero-order chi connectivity index (χ0) is 19.1. The van der Waals surface area contributed by atoms with Gasteiger partial charge in [-0.1, -0.05) is 35.3 Å². The lowest BCUT2D eigenvalue weighted by Crippen LogP contribution is -2.44. The summed E-state index contributed by atoms with van der Waals surface area (Å²) in [4.78, 5) is 17.6. The van der Waals surface area contributed by atoms with E-state index in [0.717, 1.165) is 22.2 Å². The molecule has 1 aliphatic rings. The molecule has 3 N–H and O–H groups in total. The van der Waals surface area contributed by atoms with Crippen LogP contribution in [0.1, 0.15) is 22.9 Å². The minimum atomic E-state index is -1.54. The summed E-state index contributed by atoms with van der Waals surface area (Å²) in [7, 11) is 0. The van der Waals surface area contributed by atoms with Crippen LogP contribution in [0.2, 0.25) is 10.0 Å². The van der Waals surface area contributed by atoms with E-state index >= 15 is 0 Å². The molecule has 140 valence electrons.